The molecule has 24 heavy (non-hydrogen) atoms. The van der Waals surface area contributed by atoms with Gasteiger partial charge < -0.3 is 19.9 Å². The monoisotopic (exact) mass is 329 g/mol. The van der Waals surface area contributed by atoms with Gasteiger partial charge in [0.15, 0.2) is 12.7 Å². The second-order valence-corrected chi connectivity index (χ2v) is 5.07. The standard InChI is InChI=1S/C18H19NO5/c1-13(18(19)21)24-17(20)12-23-16-9-7-15(8-10-16)22-11-14-5-3-2-4-6-14/h2-10,13H,11-12H2,1H3,(H2,19,21)/t13-/m1/s1. The van der Waals surface area contributed by atoms with Crippen LogP contribution in [0.2, 0.25) is 0 Å². The molecule has 2 aromatic rings. The molecule has 1 atom stereocenters. The molecule has 0 fully saturated rings. The van der Waals surface area contributed by atoms with Crippen LogP contribution in [0.25, 0.3) is 0 Å². The lowest BCUT2D eigenvalue weighted by molar-refractivity contribution is -0.155. The molecule has 6 nitrogen and oxygen atoms in total. The molecule has 0 saturated heterocycles. The maximum Gasteiger partial charge on any atom is 0.344 e. The van der Waals surface area contributed by atoms with Gasteiger partial charge in [-0.1, -0.05) is 30.3 Å². The van der Waals surface area contributed by atoms with E-state index in [0.29, 0.717) is 18.1 Å². The van der Waals surface area contributed by atoms with Crippen LogP contribution in [0, 0.1) is 0 Å². The Balaban J connectivity index is 1.77. The molecule has 0 aliphatic heterocycles. The molecule has 0 spiro atoms. The van der Waals surface area contributed by atoms with Gasteiger partial charge in [0.2, 0.25) is 0 Å². The highest BCUT2D eigenvalue weighted by molar-refractivity contribution is 5.82. The Morgan fingerprint density at radius 1 is 0.958 bits per heavy atom. The summed E-state index contributed by atoms with van der Waals surface area (Å²) in [6, 6.07) is 16.7. The van der Waals surface area contributed by atoms with Crippen LogP contribution in [0.4, 0.5) is 0 Å². The highest BCUT2D eigenvalue weighted by Crippen LogP contribution is 2.18. The summed E-state index contributed by atoms with van der Waals surface area (Å²) in [5.41, 5.74) is 6.08. The van der Waals surface area contributed by atoms with Gasteiger partial charge in [-0.25, -0.2) is 4.79 Å². The Labute approximate surface area is 140 Å². The van der Waals surface area contributed by atoms with Crippen molar-refractivity contribution >= 4 is 11.9 Å². The number of carbonyl (C=O) groups excluding carboxylic acids is 2. The summed E-state index contributed by atoms with van der Waals surface area (Å²) in [5, 5.41) is 0. The Morgan fingerprint density at radius 2 is 1.54 bits per heavy atom. The zero-order valence-corrected chi connectivity index (χ0v) is 13.3. The molecule has 1 amide bonds. The van der Waals surface area contributed by atoms with Crippen LogP contribution < -0.4 is 15.2 Å². The second kappa shape index (κ2) is 8.57. The molecule has 0 saturated carbocycles. The van der Waals surface area contributed by atoms with Crippen LogP contribution in [0.3, 0.4) is 0 Å². The van der Waals surface area contributed by atoms with Crippen LogP contribution in [0.15, 0.2) is 54.6 Å². The lowest BCUT2D eigenvalue weighted by atomic mass is 10.2. The zero-order valence-electron chi connectivity index (χ0n) is 13.3. The van der Waals surface area contributed by atoms with Gasteiger partial charge in [0, 0.05) is 0 Å². The van der Waals surface area contributed by atoms with Gasteiger partial charge in [0.05, 0.1) is 0 Å². The maximum atomic E-state index is 11.5. The summed E-state index contributed by atoms with van der Waals surface area (Å²) in [6.45, 7) is 1.57. The van der Waals surface area contributed by atoms with Crippen molar-refractivity contribution in [1.82, 2.24) is 0 Å². The van der Waals surface area contributed by atoms with Gasteiger partial charge >= 0.3 is 5.97 Å². The minimum atomic E-state index is -0.977. The van der Waals surface area contributed by atoms with Crippen molar-refractivity contribution in [3.05, 3.63) is 60.2 Å². The molecule has 0 aromatic heterocycles. The normalized spacial score (nSPS) is 11.4. The summed E-state index contributed by atoms with van der Waals surface area (Å²) in [7, 11) is 0. The summed E-state index contributed by atoms with van der Waals surface area (Å²) in [4.78, 5) is 22.3. The average Bonchev–Trinajstić information content (AvgIpc) is 2.60. The second-order valence-electron chi connectivity index (χ2n) is 5.07. The van der Waals surface area contributed by atoms with Crippen molar-refractivity contribution in [3.8, 4) is 11.5 Å². The predicted octanol–water partition coefficient (Wildman–Crippen LogP) is 2.06. The molecule has 2 aromatic carbocycles. The average molecular weight is 329 g/mol. The maximum absolute atomic E-state index is 11.5. The highest BCUT2D eigenvalue weighted by Gasteiger charge is 2.14. The number of primary amides is 1. The van der Waals surface area contributed by atoms with Crippen LogP contribution in [0.5, 0.6) is 11.5 Å². The number of benzene rings is 2. The molecule has 126 valence electrons. The minimum Gasteiger partial charge on any atom is -0.489 e. The lowest BCUT2D eigenvalue weighted by Crippen LogP contribution is -2.32. The number of amides is 1. The molecule has 0 heterocycles. The Hall–Kier alpha value is -3.02. The van der Waals surface area contributed by atoms with Crippen LogP contribution in [-0.4, -0.2) is 24.6 Å². The fourth-order valence-corrected chi connectivity index (χ4v) is 1.80. The van der Waals surface area contributed by atoms with Crippen molar-refractivity contribution in [2.75, 3.05) is 6.61 Å². The first-order valence-corrected chi connectivity index (χ1v) is 7.43. The van der Waals surface area contributed by atoms with Crippen molar-refractivity contribution in [2.45, 2.75) is 19.6 Å². The highest BCUT2D eigenvalue weighted by atomic mass is 16.6. The van der Waals surface area contributed by atoms with E-state index in [-0.39, 0.29) is 6.61 Å². The molecule has 0 radical (unpaired) electrons. The van der Waals surface area contributed by atoms with Gasteiger partial charge in [0.25, 0.3) is 5.91 Å². The van der Waals surface area contributed by atoms with Crippen molar-refractivity contribution in [3.63, 3.8) is 0 Å². The van der Waals surface area contributed by atoms with Crippen LogP contribution >= 0.6 is 0 Å². The number of nitrogens with two attached hydrogens (primary N) is 1. The number of hydrogen-bond acceptors (Lipinski definition) is 5. The number of esters is 1. The topological polar surface area (TPSA) is 87.8 Å². The SMILES string of the molecule is C[C@@H](OC(=O)COc1ccc(OCc2ccccc2)cc1)C(N)=O. The predicted molar refractivity (Wildman–Crippen MR) is 87.5 cm³/mol. The number of rotatable bonds is 8. The van der Waals surface area contributed by atoms with E-state index in [1.165, 1.54) is 6.92 Å². The number of carbonyl (C=O) groups is 2. The first-order valence-electron chi connectivity index (χ1n) is 7.43. The van der Waals surface area contributed by atoms with Crippen molar-refractivity contribution < 1.29 is 23.8 Å². The smallest absolute Gasteiger partial charge is 0.344 e. The van der Waals surface area contributed by atoms with Crippen LogP contribution in [0.1, 0.15) is 12.5 Å². The Bertz CT molecular complexity index is 670. The summed E-state index contributed by atoms with van der Waals surface area (Å²) in [5.74, 6) is -0.184. The van der Waals surface area contributed by atoms with Crippen molar-refractivity contribution in [2.24, 2.45) is 5.73 Å². The first kappa shape index (κ1) is 17.3. The molecule has 6 heteroatoms. The van der Waals surface area contributed by atoms with E-state index in [1.807, 2.05) is 30.3 Å². The molecule has 0 bridgehead atoms. The third kappa shape index (κ3) is 5.64. The first-order chi connectivity index (χ1) is 11.5. The number of hydrogen-bond donors (Lipinski definition) is 1. The van der Waals surface area contributed by atoms with E-state index in [1.54, 1.807) is 24.3 Å². The van der Waals surface area contributed by atoms with Crippen LogP contribution in [-0.2, 0) is 20.9 Å². The summed E-state index contributed by atoms with van der Waals surface area (Å²) < 4.78 is 15.7. The Kier molecular flexibility index (Phi) is 6.19. The van der Waals surface area contributed by atoms with Gasteiger partial charge in [0.1, 0.15) is 18.1 Å². The summed E-state index contributed by atoms with van der Waals surface area (Å²) in [6.07, 6.45) is -0.977. The van der Waals surface area contributed by atoms with Gasteiger partial charge in [-0.05, 0) is 36.8 Å². The largest absolute Gasteiger partial charge is 0.489 e. The fourth-order valence-electron chi connectivity index (χ4n) is 1.80. The molecule has 2 N–H and O–H groups in total. The molecule has 0 aliphatic carbocycles. The number of ether oxygens (including phenoxy) is 3. The fraction of sp³-hybridized carbons (Fsp3) is 0.222. The van der Waals surface area contributed by atoms with E-state index in [4.69, 9.17) is 19.9 Å². The third-order valence-corrected chi connectivity index (χ3v) is 3.14. The van der Waals surface area contributed by atoms with E-state index >= 15 is 0 Å². The third-order valence-electron chi connectivity index (χ3n) is 3.14. The van der Waals surface area contributed by atoms with Gasteiger partial charge in [-0.2, -0.15) is 0 Å². The quantitative estimate of drug-likeness (QED) is 0.749. The zero-order chi connectivity index (χ0) is 17.4. The van der Waals surface area contributed by atoms with E-state index in [2.05, 4.69) is 0 Å². The minimum absolute atomic E-state index is 0.304. The molecular weight excluding hydrogens is 310 g/mol. The van der Waals surface area contributed by atoms with Gasteiger partial charge in [-0.15, -0.1) is 0 Å². The summed E-state index contributed by atoms with van der Waals surface area (Å²) >= 11 is 0. The molecule has 2 rings (SSSR count). The van der Waals surface area contributed by atoms with E-state index in [0.717, 1.165) is 5.56 Å². The molecule has 0 aliphatic rings. The van der Waals surface area contributed by atoms with Crippen molar-refractivity contribution in [1.29, 1.82) is 0 Å². The molecule has 0 unspecified atom stereocenters. The molecular formula is C18H19NO5. The Morgan fingerprint density at radius 3 is 2.12 bits per heavy atom. The van der Waals surface area contributed by atoms with Gasteiger partial charge in [-0.3, -0.25) is 4.79 Å². The lowest BCUT2D eigenvalue weighted by Gasteiger charge is -2.11. The van der Waals surface area contributed by atoms with E-state index < -0.39 is 18.0 Å². The van der Waals surface area contributed by atoms with E-state index in [9.17, 15) is 9.59 Å².